The van der Waals surface area contributed by atoms with Gasteiger partial charge in [-0.1, -0.05) is 6.92 Å². The first-order valence-electron chi connectivity index (χ1n) is 6.64. The average Bonchev–Trinajstić information content (AvgIpc) is 2.77. The van der Waals surface area contributed by atoms with Gasteiger partial charge in [-0.15, -0.1) is 0 Å². The standard InChI is InChI=1S/C12H20N4O3/c1-2-12(4-3-5-12)13-7-11(17)9-15-8-10(6-14-15)16(18)19/h6,8,11,13,17H,2-5,7,9H2,1H3. The second-order valence-electron chi connectivity index (χ2n) is 5.20. The Morgan fingerprint density at radius 3 is 2.89 bits per heavy atom. The molecule has 1 aliphatic rings. The van der Waals surface area contributed by atoms with Gasteiger partial charge < -0.3 is 10.4 Å². The molecule has 0 bridgehead atoms. The molecule has 1 aliphatic carbocycles. The lowest BCUT2D eigenvalue weighted by Gasteiger charge is -2.42. The lowest BCUT2D eigenvalue weighted by Crippen LogP contribution is -2.53. The summed E-state index contributed by atoms with van der Waals surface area (Å²) in [5.74, 6) is 0. The smallest absolute Gasteiger partial charge is 0.306 e. The van der Waals surface area contributed by atoms with Gasteiger partial charge in [-0.2, -0.15) is 5.10 Å². The van der Waals surface area contributed by atoms with Crippen LogP contribution >= 0.6 is 0 Å². The molecule has 0 aliphatic heterocycles. The van der Waals surface area contributed by atoms with Crippen molar-refractivity contribution in [1.29, 1.82) is 0 Å². The molecular weight excluding hydrogens is 248 g/mol. The fourth-order valence-electron chi connectivity index (χ4n) is 2.42. The second kappa shape index (κ2) is 5.66. The predicted octanol–water partition coefficient (Wildman–Crippen LogP) is 1.07. The molecular formula is C12H20N4O3. The van der Waals surface area contributed by atoms with Crippen molar-refractivity contribution in [2.24, 2.45) is 0 Å². The summed E-state index contributed by atoms with van der Waals surface area (Å²) in [6.45, 7) is 2.90. The average molecular weight is 268 g/mol. The molecule has 1 atom stereocenters. The monoisotopic (exact) mass is 268 g/mol. The van der Waals surface area contributed by atoms with Gasteiger partial charge in [0.2, 0.25) is 0 Å². The summed E-state index contributed by atoms with van der Waals surface area (Å²) >= 11 is 0. The summed E-state index contributed by atoms with van der Waals surface area (Å²) in [4.78, 5) is 10.0. The van der Waals surface area contributed by atoms with Gasteiger partial charge in [-0.3, -0.25) is 14.8 Å². The zero-order chi connectivity index (χ0) is 13.9. The van der Waals surface area contributed by atoms with E-state index >= 15 is 0 Å². The molecule has 0 saturated heterocycles. The number of β-amino-alcohol motifs (C(OH)–C–C–N with tert-alkyl or cyclic N) is 1. The van der Waals surface area contributed by atoms with Crippen LogP contribution in [0.5, 0.6) is 0 Å². The Bertz CT molecular complexity index is 436. The van der Waals surface area contributed by atoms with Crippen molar-refractivity contribution < 1.29 is 10.0 Å². The van der Waals surface area contributed by atoms with Crippen molar-refractivity contribution in [2.45, 2.75) is 50.8 Å². The Balaban J connectivity index is 1.80. The van der Waals surface area contributed by atoms with Crippen LogP contribution in [0.4, 0.5) is 5.69 Å². The topological polar surface area (TPSA) is 93.2 Å². The van der Waals surface area contributed by atoms with Gasteiger partial charge in [0.05, 0.1) is 17.6 Å². The van der Waals surface area contributed by atoms with Crippen LogP contribution in [0.3, 0.4) is 0 Å². The molecule has 1 saturated carbocycles. The van der Waals surface area contributed by atoms with Gasteiger partial charge in [0.1, 0.15) is 12.4 Å². The van der Waals surface area contributed by atoms with E-state index in [4.69, 9.17) is 0 Å². The van der Waals surface area contributed by atoms with E-state index in [0.717, 1.165) is 19.3 Å². The van der Waals surface area contributed by atoms with Gasteiger partial charge in [-0.05, 0) is 25.7 Å². The van der Waals surface area contributed by atoms with E-state index in [2.05, 4.69) is 17.3 Å². The molecule has 19 heavy (non-hydrogen) atoms. The highest BCUT2D eigenvalue weighted by Crippen LogP contribution is 2.34. The molecule has 2 N–H and O–H groups in total. The Morgan fingerprint density at radius 2 is 2.42 bits per heavy atom. The number of hydrogen-bond acceptors (Lipinski definition) is 5. The molecule has 0 radical (unpaired) electrons. The summed E-state index contributed by atoms with van der Waals surface area (Å²) < 4.78 is 1.41. The number of aliphatic hydroxyl groups is 1. The van der Waals surface area contributed by atoms with Gasteiger partial charge in [-0.25, -0.2) is 0 Å². The first-order chi connectivity index (χ1) is 9.04. The third-order valence-corrected chi connectivity index (χ3v) is 3.93. The Morgan fingerprint density at radius 1 is 1.68 bits per heavy atom. The van der Waals surface area contributed by atoms with Crippen molar-refractivity contribution in [3.63, 3.8) is 0 Å². The maximum Gasteiger partial charge on any atom is 0.306 e. The molecule has 1 unspecified atom stereocenters. The molecule has 106 valence electrons. The quantitative estimate of drug-likeness (QED) is 0.570. The summed E-state index contributed by atoms with van der Waals surface area (Å²) in [7, 11) is 0. The van der Waals surface area contributed by atoms with Crippen LogP contribution in [0.2, 0.25) is 0 Å². The first kappa shape index (κ1) is 14.0. The zero-order valence-electron chi connectivity index (χ0n) is 11.1. The van der Waals surface area contributed by atoms with Crippen molar-refractivity contribution in [2.75, 3.05) is 6.54 Å². The highest BCUT2D eigenvalue weighted by atomic mass is 16.6. The van der Waals surface area contributed by atoms with Gasteiger partial charge >= 0.3 is 5.69 Å². The summed E-state index contributed by atoms with van der Waals surface area (Å²) in [5, 5.41) is 27.7. The molecule has 1 aromatic heterocycles. The first-order valence-corrected chi connectivity index (χ1v) is 6.64. The number of rotatable bonds is 7. The summed E-state index contributed by atoms with van der Waals surface area (Å²) in [6, 6.07) is 0. The van der Waals surface area contributed by atoms with Crippen LogP contribution in [-0.4, -0.2) is 38.0 Å². The second-order valence-corrected chi connectivity index (χ2v) is 5.20. The van der Waals surface area contributed by atoms with Gasteiger partial charge in [0, 0.05) is 12.1 Å². The Hall–Kier alpha value is -1.47. The fourth-order valence-corrected chi connectivity index (χ4v) is 2.42. The van der Waals surface area contributed by atoms with Crippen LogP contribution in [-0.2, 0) is 6.54 Å². The third-order valence-electron chi connectivity index (χ3n) is 3.93. The fraction of sp³-hybridized carbons (Fsp3) is 0.750. The van der Waals surface area contributed by atoms with E-state index in [1.807, 2.05) is 0 Å². The van der Waals surface area contributed by atoms with Crippen LogP contribution in [0.1, 0.15) is 32.6 Å². The summed E-state index contributed by atoms with van der Waals surface area (Å²) in [6.07, 6.45) is 6.55. The molecule has 1 heterocycles. The Kier molecular flexibility index (Phi) is 4.16. The highest BCUT2D eigenvalue weighted by Gasteiger charge is 2.34. The number of nitrogens with zero attached hydrogens (tertiary/aromatic N) is 3. The third kappa shape index (κ3) is 3.30. The minimum Gasteiger partial charge on any atom is -0.390 e. The normalized spacial score (nSPS) is 18.8. The number of hydrogen-bond donors (Lipinski definition) is 2. The minimum absolute atomic E-state index is 0.0517. The molecule has 7 heteroatoms. The van der Waals surface area contributed by atoms with Gasteiger partial charge in [0.15, 0.2) is 0 Å². The predicted molar refractivity (Wildman–Crippen MR) is 69.8 cm³/mol. The van der Waals surface area contributed by atoms with E-state index in [1.165, 1.54) is 23.5 Å². The molecule has 0 spiro atoms. The lowest BCUT2D eigenvalue weighted by molar-refractivity contribution is -0.385. The van der Waals surface area contributed by atoms with E-state index in [1.54, 1.807) is 0 Å². The number of nitrogens with one attached hydrogen (secondary N) is 1. The van der Waals surface area contributed by atoms with E-state index in [-0.39, 0.29) is 17.8 Å². The molecule has 1 aromatic rings. The van der Waals surface area contributed by atoms with Crippen LogP contribution in [0, 0.1) is 10.1 Å². The van der Waals surface area contributed by atoms with E-state index in [9.17, 15) is 15.2 Å². The van der Waals surface area contributed by atoms with Crippen molar-refractivity contribution >= 4 is 5.69 Å². The Labute approximate surface area is 111 Å². The summed E-state index contributed by atoms with van der Waals surface area (Å²) in [5.41, 5.74) is 0.140. The van der Waals surface area contributed by atoms with Crippen molar-refractivity contribution in [1.82, 2.24) is 15.1 Å². The zero-order valence-corrected chi connectivity index (χ0v) is 11.1. The molecule has 7 nitrogen and oxygen atoms in total. The van der Waals surface area contributed by atoms with Crippen LogP contribution in [0.25, 0.3) is 0 Å². The van der Waals surface area contributed by atoms with E-state index in [0.29, 0.717) is 6.54 Å². The van der Waals surface area contributed by atoms with Gasteiger partial charge in [0.25, 0.3) is 0 Å². The highest BCUT2D eigenvalue weighted by molar-refractivity contribution is 5.20. The largest absolute Gasteiger partial charge is 0.390 e. The maximum absolute atomic E-state index is 10.5. The molecule has 1 fully saturated rings. The van der Waals surface area contributed by atoms with Crippen molar-refractivity contribution in [3.05, 3.63) is 22.5 Å². The number of nitro groups is 1. The molecule has 0 amide bonds. The van der Waals surface area contributed by atoms with Crippen LogP contribution < -0.4 is 5.32 Å². The number of aliphatic hydroxyl groups excluding tert-OH is 1. The lowest BCUT2D eigenvalue weighted by atomic mass is 9.75. The van der Waals surface area contributed by atoms with Crippen LogP contribution in [0.15, 0.2) is 12.4 Å². The number of aromatic nitrogens is 2. The molecule has 2 rings (SSSR count). The van der Waals surface area contributed by atoms with Crippen molar-refractivity contribution in [3.8, 4) is 0 Å². The minimum atomic E-state index is -0.594. The molecule has 0 aromatic carbocycles. The van der Waals surface area contributed by atoms with E-state index < -0.39 is 11.0 Å². The maximum atomic E-state index is 10.5. The SMILES string of the molecule is CCC1(NCC(O)Cn2cc([N+](=O)[O-])cn2)CCC1.